The molecule has 0 heterocycles. The van der Waals surface area contributed by atoms with Crippen LogP contribution in [0, 0.1) is 0 Å². The fourth-order valence-electron chi connectivity index (χ4n) is 3.40. The topological polar surface area (TPSA) is 59.1 Å². The van der Waals surface area contributed by atoms with E-state index in [1.807, 2.05) is 50.2 Å². The number of benzene rings is 2. The SMILES string of the molecule is CCCCN(C(=O)OCC)c1cccc2c(N(CCCC)C(=O)OCC)cccc12. The molecule has 2 rings (SSSR count). The lowest BCUT2D eigenvalue weighted by Crippen LogP contribution is -2.33. The summed E-state index contributed by atoms with van der Waals surface area (Å²) in [5.74, 6) is 0. The van der Waals surface area contributed by atoms with E-state index >= 15 is 0 Å². The van der Waals surface area contributed by atoms with E-state index in [0.717, 1.165) is 47.8 Å². The maximum atomic E-state index is 12.7. The van der Waals surface area contributed by atoms with Crippen molar-refractivity contribution in [1.82, 2.24) is 0 Å². The summed E-state index contributed by atoms with van der Waals surface area (Å²) < 4.78 is 10.6. The second kappa shape index (κ2) is 12.1. The lowest BCUT2D eigenvalue weighted by Gasteiger charge is -2.26. The van der Waals surface area contributed by atoms with Crippen LogP contribution in [0.2, 0.25) is 0 Å². The van der Waals surface area contributed by atoms with Gasteiger partial charge in [0.05, 0.1) is 24.6 Å². The normalized spacial score (nSPS) is 10.7. The third-order valence-corrected chi connectivity index (χ3v) is 4.90. The molecule has 0 spiro atoms. The number of fused-ring (bicyclic) bond motifs is 1. The lowest BCUT2D eigenvalue weighted by atomic mass is 10.0. The summed E-state index contributed by atoms with van der Waals surface area (Å²) in [5, 5.41) is 1.81. The van der Waals surface area contributed by atoms with Gasteiger partial charge in [0.25, 0.3) is 0 Å². The van der Waals surface area contributed by atoms with E-state index < -0.39 is 0 Å². The zero-order chi connectivity index (χ0) is 21.9. The first-order valence-corrected chi connectivity index (χ1v) is 11.0. The number of hydrogen-bond donors (Lipinski definition) is 0. The summed E-state index contributed by atoms with van der Waals surface area (Å²) in [4.78, 5) is 28.7. The van der Waals surface area contributed by atoms with Crippen molar-refractivity contribution in [3.8, 4) is 0 Å². The van der Waals surface area contributed by atoms with E-state index in [0.29, 0.717) is 26.3 Å². The summed E-state index contributed by atoms with van der Waals surface area (Å²) in [6.45, 7) is 9.61. The molecule has 0 aromatic heterocycles. The Morgan fingerprint density at radius 3 is 1.43 bits per heavy atom. The molecule has 0 bridgehead atoms. The van der Waals surface area contributed by atoms with Gasteiger partial charge in [-0.25, -0.2) is 9.59 Å². The van der Waals surface area contributed by atoms with Crippen LogP contribution in [0.4, 0.5) is 21.0 Å². The standard InChI is InChI=1S/C24H34N2O4/c1-5-9-17-25(23(27)29-7-3)21-15-11-14-20-19(21)13-12-16-22(20)26(18-10-6-2)24(28)30-8-4/h11-16H,5-10,17-18H2,1-4H3. The molecule has 0 atom stereocenters. The molecule has 0 fully saturated rings. The van der Waals surface area contributed by atoms with E-state index in [1.54, 1.807) is 9.80 Å². The third-order valence-electron chi connectivity index (χ3n) is 4.90. The number of rotatable bonds is 10. The highest BCUT2D eigenvalue weighted by Gasteiger charge is 2.22. The second-order valence-corrected chi connectivity index (χ2v) is 7.06. The molecule has 0 N–H and O–H groups in total. The predicted octanol–water partition coefficient (Wildman–Crippen LogP) is 6.37. The van der Waals surface area contributed by atoms with Crippen molar-refractivity contribution in [1.29, 1.82) is 0 Å². The van der Waals surface area contributed by atoms with Crippen LogP contribution in [0.1, 0.15) is 53.4 Å². The molecule has 2 amide bonds. The lowest BCUT2D eigenvalue weighted by molar-refractivity contribution is 0.158. The summed E-state index contributed by atoms with van der Waals surface area (Å²) >= 11 is 0. The van der Waals surface area contributed by atoms with Crippen molar-refractivity contribution in [2.24, 2.45) is 0 Å². The Hall–Kier alpha value is -2.76. The molecule has 0 aliphatic carbocycles. The molecular weight excluding hydrogens is 380 g/mol. The summed E-state index contributed by atoms with van der Waals surface area (Å²) in [6, 6.07) is 11.7. The fourth-order valence-corrected chi connectivity index (χ4v) is 3.40. The Kier molecular flexibility index (Phi) is 9.45. The Morgan fingerprint density at radius 2 is 1.10 bits per heavy atom. The molecule has 0 saturated carbocycles. The molecule has 0 saturated heterocycles. The van der Waals surface area contributed by atoms with E-state index in [4.69, 9.17) is 9.47 Å². The van der Waals surface area contributed by atoms with E-state index in [2.05, 4.69) is 13.8 Å². The van der Waals surface area contributed by atoms with Gasteiger partial charge in [0.2, 0.25) is 0 Å². The van der Waals surface area contributed by atoms with Crippen molar-refractivity contribution in [2.45, 2.75) is 53.4 Å². The molecule has 2 aromatic carbocycles. The van der Waals surface area contributed by atoms with Gasteiger partial charge in [-0.2, -0.15) is 0 Å². The molecule has 0 aliphatic rings. The molecule has 164 valence electrons. The predicted molar refractivity (Wildman–Crippen MR) is 123 cm³/mol. The minimum Gasteiger partial charge on any atom is -0.449 e. The average molecular weight is 415 g/mol. The largest absolute Gasteiger partial charge is 0.449 e. The monoisotopic (exact) mass is 414 g/mol. The fraction of sp³-hybridized carbons (Fsp3) is 0.500. The Morgan fingerprint density at radius 1 is 0.700 bits per heavy atom. The number of ether oxygens (including phenoxy) is 2. The van der Waals surface area contributed by atoms with E-state index in [-0.39, 0.29) is 12.2 Å². The van der Waals surface area contributed by atoms with Crippen LogP contribution in [-0.2, 0) is 9.47 Å². The molecule has 6 heteroatoms. The average Bonchev–Trinajstić information content (AvgIpc) is 2.75. The molecular formula is C24H34N2O4. The molecule has 2 aromatic rings. The number of unbranched alkanes of at least 4 members (excludes halogenated alkanes) is 2. The van der Waals surface area contributed by atoms with Crippen LogP contribution in [0.25, 0.3) is 10.8 Å². The van der Waals surface area contributed by atoms with Crippen LogP contribution >= 0.6 is 0 Å². The second-order valence-electron chi connectivity index (χ2n) is 7.06. The maximum Gasteiger partial charge on any atom is 0.414 e. The molecule has 30 heavy (non-hydrogen) atoms. The molecule has 0 unspecified atom stereocenters. The number of carbonyl (C=O) groups excluding carboxylic acids is 2. The van der Waals surface area contributed by atoms with Gasteiger partial charge in [-0.3, -0.25) is 9.80 Å². The number of carbonyl (C=O) groups is 2. The molecule has 6 nitrogen and oxygen atoms in total. The zero-order valence-electron chi connectivity index (χ0n) is 18.6. The van der Waals surface area contributed by atoms with Gasteiger partial charge >= 0.3 is 12.2 Å². The van der Waals surface area contributed by atoms with Gasteiger partial charge in [-0.15, -0.1) is 0 Å². The first-order valence-electron chi connectivity index (χ1n) is 11.0. The van der Waals surface area contributed by atoms with Crippen molar-refractivity contribution in [3.05, 3.63) is 36.4 Å². The third kappa shape index (κ3) is 5.65. The summed E-state index contributed by atoms with van der Waals surface area (Å²) in [5.41, 5.74) is 1.58. The number of amides is 2. The van der Waals surface area contributed by atoms with E-state index in [1.165, 1.54) is 0 Å². The van der Waals surface area contributed by atoms with E-state index in [9.17, 15) is 9.59 Å². The number of anilines is 2. The van der Waals surface area contributed by atoms with Crippen LogP contribution in [-0.4, -0.2) is 38.5 Å². The van der Waals surface area contributed by atoms with Gasteiger partial charge in [0, 0.05) is 23.9 Å². The number of hydrogen-bond acceptors (Lipinski definition) is 4. The van der Waals surface area contributed by atoms with Gasteiger partial charge in [0.15, 0.2) is 0 Å². The Bertz CT molecular complexity index is 768. The molecule has 0 radical (unpaired) electrons. The molecule has 0 aliphatic heterocycles. The van der Waals surface area contributed by atoms with Gasteiger partial charge in [-0.1, -0.05) is 51.0 Å². The Balaban J connectivity index is 2.57. The zero-order valence-corrected chi connectivity index (χ0v) is 18.6. The highest BCUT2D eigenvalue weighted by Crippen LogP contribution is 2.34. The van der Waals surface area contributed by atoms with Crippen molar-refractivity contribution < 1.29 is 19.1 Å². The van der Waals surface area contributed by atoms with Crippen molar-refractivity contribution in [3.63, 3.8) is 0 Å². The minimum absolute atomic E-state index is 0.325. The van der Waals surface area contributed by atoms with Gasteiger partial charge in [-0.05, 0) is 38.8 Å². The number of nitrogens with zero attached hydrogens (tertiary/aromatic N) is 2. The van der Waals surface area contributed by atoms with Crippen LogP contribution < -0.4 is 9.80 Å². The highest BCUT2D eigenvalue weighted by molar-refractivity contribution is 6.08. The van der Waals surface area contributed by atoms with Gasteiger partial charge < -0.3 is 9.47 Å². The minimum atomic E-state index is -0.350. The smallest absolute Gasteiger partial charge is 0.414 e. The van der Waals surface area contributed by atoms with Crippen molar-refractivity contribution >= 4 is 34.3 Å². The van der Waals surface area contributed by atoms with Crippen molar-refractivity contribution in [2.75, 3.05) is 36.1 Å². The summed E-state index contributed by atoms with van der Waals surface area (Å²) in [6.07, 6.45) is 2.99. The highest BCUT2D eigenvalue weighted by atomic mass is 16.6. The Labute approximate surface area is 179 Å². The van der Waals surface area contributed by atoms with Crippen LogP contribution in [0.15, 0.2) is 36.4 Å². The van der Waals surface area contributed by atoms with Crippen LogP contribution in [0.3, 0.4) is 0 Å². The summed E-state index contributed by atoms with van der Waals surface area (Å²) in [7, 11) is 0. The van der Waals surface area contributed by atoms with Gasteiger partial charge in [0.1, 0.15) is 0 Å². The first kappa shape index (κ1) is 23.5. The maximum absolute atomic E-state index is 12.7. The van der Waals surface area contributed by atoms with Crippen LogP contribution in [0.5, 0.6) is 0 Å². The first-order chi connectivity index (χ1) is 14.6. The quantitative estimate of drug-likeness (QED) is 0.453.